The number of nitrogens with two attached hydrogens (primary N) is 1. The second-order valence-corrected chi connectivity index (χ2v) is 5.20. The molecule has 0 saturated carbocycles. The van der Waals surface area contributed by atoms with Gasteiger partial charge in [-0.3, -0.25) is 5.84 Å². The molecule has 0 aliphatic rings. The van der Waals surface area contributed by atoms with Crippen LogP contribution in [0.3, 0.4) is 0 Å². The maximum atomic E-state index is 13.8. The summed E-state index contributed by atoms with van der Waals surface area (Å²) in [5.41, 5.74) is 6.37. The van der Waals surface area contributed by atoms with Gasteiger partial charge < -0.3 is 4.42 Å². The minimum Gasteiger partial charge on any atom is -0.456 e. The first kappa shape index (κ1) is 13.8. The number of hydrogen-bond acceptors (Lipinski definition) is 3. The lowest BCUT2D eigenvalue weighted by Gasteiger charge is -2.17. The first-order chi connectivity index (χ1) is 10.1. The van der Waals surface area contributed by atoms with Gasteiger partial charge in [-0.2, -0.15) is 0 Å². The van der Waals surface area contributed by atoms with E-state index in [1.807, 2.05) is 44.2 Å². The summed E-state index contributed by atoms with van der Waals surface area (Å²) in [5, 5.41) is 0.732. The summed E-state index contributed by atoms with van der Waals surface area (Å²) in [5.74, 6) is 5.95. The van der Waals surface area contributed by atoms with E-state index < -0.39 is 0 Å². The Kier molecular flexibility index (Phi) is 3.49. The number of para-hydroxylation sites is 1. The Morgan fingerprint density at radius 3 is 2.62 bits per heavy atom. The van der Waals surface area contributed by atoms with Gasteiger partial charge in [0.1, 0.15) is 11.8 Å². The van der Waals surface area contributed by atoms with E-state index in [0.29, 0.717) is 5.76 Å². The number of furan rings is 1. The SMILES string of the molecule is Cc1cccc(C(NN)c2cc3cccc(F)c3o2)c1C. The minimum atomic E-state index is -0.365. The number of benzene rings is 2. The van der Waals surface area contributed by atoms with E-state index in [2.05, 4.69) is 5.43 Å². The van der Waals surface area contributed by atoms with Gasteiger partial charge in [0.05, 0.1) is 0 Å². The molecule has 21 heavy (non-hydrogen) atoms. The first-order valence-electron chi connectivity index (χ1n) is 6.82. The van der Waals surface area contributed by atoms with Crippen molar-refractivity contribution in [2.75, 3.05) is 0 Å². The van der Waals surface area contributed by atoms with Crippen molar-refractivity contribution in [2.45, 2.75) is 19.9 Å². The van der Waals surface area contributed by atoms with Crippen molar-refractivity contribution in [1.29, 1.82) is 0 Å². The van der Waals surface area contributed by atoms with E-state index >= 15 is 0 Å². The first-order valence-corrected chi connectivity index (χ1v) is 6.82. The van der Waals surface area contributed by atoms with Crippen LogP contribution in [0.1, 0.15) is 28.5 Å². The summed E-state index contributed by atoms with van der Waals surface area (Å²) in [6, 6.07) is 12.4. The highest BCUT2D eigenvalue weighted by Gasteiger charge is 2.20. The second kappa shape index (κ2) is 5.31. The third-order valence-corrected chi connectivity index (χ3v) is 3.92. The quantitative estimate of drug-likeness (QED) is 0.569. The molecule has 108 valence electrons. The van der Waals surface area contributed by atoms with Gasteiger partial charge in [-0.05, 0) is 42.7 Å². The van der Waals surface area contributed by atoms with E-state index in [4.69, 9.17) is 10.3 Å². The van der Waals surface area contributed by atoms with Gasteiger partial charge in [0, 0.05) is 5.39 Å². The molecule has 0 amide bonds. The molecular weight excluding hydrogens is 267 g/mol. The molecule has 3 nitrogen and oxygen atoms in total. The van der Waals surface area contributed by atoms with Crippen LogP contribution < -0.4 is 11.3 Å². The number of rotatable bonds is 3. The number of hydrazine groups is 1. The molecule has 1 heterocycles. The molecule has 1 aromatic heterocycles. The number of halogens is 1. The molecule has 1 atom stereocenters. The second-order valence-electron chi connectivity index (χ2n) is 5.20. The highest BCUT2D eigenvalue weighted by Crippen LogP contribution is 2.31. The molecule has 0 saturated heterocycles. The molecule has 0 aliphatic heterocycles. The average molecular weight is 284 g/mol. The molecule has 3 rings (SSSR count). The van der Waals surface area contributed by atoms with Gasteiger partial charge in [0.25, 0.3) is 0 Å². The normalized spacial score (nSPS) is 12.8. The zero-order chi connectivity index (χ0) is 15.0. The largest absolute Gasteiger partial charge is 0.456 e. The molecule has 1 unspecified atom stereocenters. The van der Waals surface area contributed by atoms with Crippen molar-refractivity contribution in [3.8, 4) is 0 Å². The number of hydrogen-bond donors (Lipinski definition) is 2. The van der Waals surface area contributed by atoms with Crippen molar-refractivity contribution in [2.24, 2.45) is 5.84 Å². The lowest BCUT2D eigenvalue weighted by molar-refractivity contribution is 0.464. The molecule has 0 aliphatic carbocycles. The molecule has 0 bridgehead atoms. The van der Waals surface area contributed by atoms with Gasteiger partial charge in [-0.15, -0.1) is 0 Å². The molecule has 3 aromatic rings. The summed E-state index contributed by atoms with van der Waals surface area (Å²) >= 11 is 0. The fourth-order valence-corrected chi connectivity index (χ4v) is 2.60. The smallest absolute Gasteiger partial charge is 0.169 e. The van der Waals surface area contributed by atoms with Crippen LogP contribution in [0.2, 0.25) is 0 Å². The molecule has 3 N–H and O–H groups in total. The monoisotopic (exact) mass is 284 g/mol. The summed E-state index contributed by atoms with van der Waals surface area (Å²) in [6.45, 7) is 4.09. The summed E-state index contributed by atoms with van der Waals surface area (Å²) < 4.78 is 19.5. The van der Waals surface area contributed by atoms with Gasteiger partial charge in [-0.25, -0.2) is 9.82 Å². The van der Waals surface area contributed by atoms with Gasteiger partial charge >= 0.3 is 0 Å². The van der Waals surface area contributed by atoms with Crippen LogP contribution >= 0.6 is 0 Å². The molecule has 0 fully saturated rings. The summed E-state index contributed by atoms with van der Waals surface area (Å²) in [7, 11) is 0. The highest BCUT2D eigenvalue weighted by molar-refractivity contribution is 5.78. The third-order valence-electron chi connectivity index (χ3n) is 3.92. The van der Waals surface area contributed by atoms with Crippen LogP contribution in [0, 0.1) is 19.7 Å². The summed E-state index contributed by atoms with van der Waals surface area (Å²) in [6.07, 6.45) is 0. The van der Waals surface area contributed by atoms with Crippen molar-refractivity contribution >= 4 is 11.0 Å². The molecule has 0 spiro atoms. The van der Waals surface area contributed by atoms with Crippen molar-refractivity contribution in [3.05, 3.63) is 70.7 Å². The Morgan fingerprint density at radius 2 is 1.90 bits per heavy atom. The fourth-order valence-electron chi connectivity index (χ4n) is 2.60. The van der Waals surface area contributed by atoms with Crippen LogP contribution in [0.25, 0.3) is 11.0 Å². The zero-order valence-electron chi connectivity index (χ0n) is 12.0. The topological polar surface area (TPSA) is 51.2 Å². The van der Waals surface area contributed by atoms with Crippen LogP contribution in [0.5, 0.6) is 0 Å². The van der Waals surface area contributed by atoms with E-state index in [1.54, 1.807) is 6.07 Å². The standard InChI is InChI=1S/C17H17FN2O/c1-10-5-3-7-13(11(10)2)16(20-19)15-9-12-6-4-8-14(18)17(12)21-15/h3-9,16,20H,19H2,1-2H3. The Labute approximate surface area is 122 Å². The zero-order valence-corrected chi connectivity index (χ0v) is 12.0. The molecule has 4 heteroatoms. The van der Waals surface area contributed by atoms with E-state index in [-0.39, 0.29) is 17.4 Å². The number of aryl methyl sites for hydroxylation is 1. The minimum absolute atomic E-state index is 0.262. The van der Waals surface area contributed by atoms with Gasteiger partial charge in [-0.1, -0.05) is 30.3 Å². The average Bonchev–Trinajstić information content (AvgIpc) is 2.89. The number of nitrogens with one attached hydrogen (secondary N) is 1. The van der Waals surface area contributed by atoms with Crippen LogP contribution in [-0.4, -0.2) is 0 Å². The van der Waals surface area contributed by atoms with Crippen molar-refractivity contribution in [1.82, 2.24) is 5.43 Å². The van der Waals surface area contributed by atoms with E-state index in [0.717, 1.165) is 16.5 Å². The lowest BCUT2D eigenvalue weighted by atomic mass is 9.96. The molecular formula is C17H17FN2O. The van der Waals surface area contributed by atoms with E-state index in [1.165, 1.54) is 11.6 Å². The Balaban J connectivity index is 2.14. The molecule has 0 radical (unpaired) electrons. The van der Waals surface area contributed by atoms with Crippen molar-refractivity contribution < 1.29 is 8.81 Å². The van der Waals surface area contributed by atoms with Crippen LogP contribution in [0.15, 0.2) is 46.9 Å². The predicted molar refractivity (Wildman–Crippen MR) is 81.3 cm³/mol. The van der Waals surface area contributed by atoms with Crippen LogP contribution in [-0.2, 0) is 0 Å². The maximum Gasteiger partial charge on any atom is 0.169 e. The Bertz CT molecular complexity index is 795. The predicted octanol–water partition coefficient (Wildman–Crippen LogP) is 3.74. The fraction of sp³-hybridized carbons (Fsp3) is 0.176. The van der Waals surface area contributed by atoms with Crippen molar-refractivity contribution in [3.63, 3.8) is 0 Å². The Hall–Kier alpha value is -2.17. The van der Waals surface area contributed by atoms with Gasteiger partial charge in [0.2, 0.25) is 0 Å². The Morgan fingerprint density at radius 1 is 1.14 bits per heavy atom. The molecule has 2 aromatic carbocycles. The third kappa shape index (κ3) is 2.33. The summed E-state index contributed by atoms with van der Waals surface area (Å²) in [4.78, 5) is 0. The van der Waals surface area contributed by atoms with Crippen LogP contribution in [0.4, 0.5) is 4.39 Å². The lowest BCUT2D eigenvalue weighted by Crippen LogP contribution is -2.29. The van der Waals surface area contributed by atoms with Gasteiger partial charge in [0.15, 0.2) is 11.4 Å². The highest BCUT2D eigenvalue weighted by atomic mass is 19.1. The number of fused-ring (bicyclic) bond motifs is 1. The van der Waals surface area contributed by atoms with E-state index in [9.17, 15) is 4.39 Å². The maximum absolute atomic E-state index is 13.8.